The number of hydrogen-bond donors (Lipinski definition) is 2. The van der Waals surface area contributed by atoms with Gasteiger partial charge < -0.3 is 0 Å². The van der Waals surface area contributed by atoms with Crippen molar-refractivity contribution in [3.05, 3.63) is 78.4 Å². The van der Waals surface area contributed by atoms with E-state index in [2.05, 4.69) is 16.8 Å². The van der Waals surface area contributed by atoms with Gasteiger partial charge in [-0.15, -0.1) is 11.4 Å². The zero-order chi connectivity index (χ0) is 16.0. The fraction of sp³-hybridized carbons (Fsp3) is 0.176. The lowest BCUT2D eigenvalue weighted by atomic mass is 10.1. The molecule has 0 aliphatic rings. The zero-order valence-corrected chi connectivity index (χ0v) is 13.3. The Kier molecular flexibility index (Phi) is 5.49. The van der Waals surface area contributed by atoms with Gasteiger partial charge in [-0.05, 0) is 31.0 Å². The minimum absolute atomic E-state index is 0.168. The summed E-state index contributed by atoms with van der Waals surface area (Å²) in [5, 5.41) is 0. The third-order valence-electron chi connectivity index (χ3n) is 3.30. The van der Waals surface area contributed by atoms with Crippen LogP contribution in [0.1, 0.15) is 23.6 Å². The molecule has 22 heavy (non-hydrogen) atoms. The van der Waals surface area contributed by atoms with Gasteiger partial charge in [-0.2, -0.15) is 0 Å². The third-order valence-corrected chi connectivity index (χ3v) is 4.58. The first-order valence-electron chi connectivity index (χ1n) is 7.03. The Balaban J connectivity index is 2.11. The van der Waals surface area contributed by atoms with Crippen LogP contribution in [0.5, 0.6) is 0 Å². The van der Waals surface area contributed by atoms with Gasteiger partial charge in [0.05, 0.1) is 10.9 Å². The molecule has 0 aliphatic heterocycles. The van der Waals surface area contributed by atoms with E-state index in [1.54, 1.807) is 30.3 Å². The number of nitrogens with one attached hydrogen (secondary N) is 2. The van der Waals surface area contributed by atoms with Crippen LogP contribution in [0.15, 0.2) is 72.1 Å². The first kappa shape index (κ1) is 16.4. The van der Waals surface area contributed by atoms with Crippen molar-refractivity contribution in [3.8, 4) is 0 Å². The lowest BCUT2D eigenvalue weighted by Gasteiger charge is -2.18. The van der Waals surface area contributed by atoms with E-state index >= 15 is 0 Å². The first-order chi connectivity index (χ1) is 10.5. The number of benzene rings is 2. The predicted molar refractivity (Wildman–Crippen MR) is 88.6 cm³/mol. The molecular formula is C17H20N2O2S. The number of aryl methyl sites for hydroxylation is 1. The van der Waals surface area contributed by atoms with Crippen molar-refractivity contribution in [2.24, 2.45) is 0 Å². The fourth-order valence-electron chi connectivity index (χ4n) is 2.06. The summed E-state index contributed by atoms with van der Waals surface area (Å²) in [6, 6.07) is 16.2. The van der Waals surface area contributed by atoms with Crippen LogP contribution in [-0.4, -0.2) is 8.42 Å². The van der Waals surface area contributed by atoms with Crippen LogP contribution < -0.4 is 10.3 Å². The summed E-state index contributed by atoms with van der Waals surface area (Å²) >= 11 is 0. The molecule has 2 aromatic carbocycles. The molecule has 0 heterocycles. The van der Waals surface area contributed by atoms with Crippen molar-refractivity contribution in [1.29, 1.82) is 0 Å². The van der Waals surface area contributed by atoms with Gasteiger partial charge in [0.15, 0.2) is 0 Å². The Morgan fingerprint density at radius 3 is 2.32 bits per heavy atom. The molecule has 0 aliphatic carbocycles. The molecule has 5 heteroatoms. The Hall–Kier alpha value is -1.95. The van der Waals surface area contributed by atoms with Crippen molar-refractivity contribution >= 4 is 10.0 Å². The molecule has 0 unspecified atom stereocenters. The lowest BCUT2D eigenvalue weighted by molar-refractivity contribution is 0.494. The maximum Gasteiger partial charge on any atom is 0.253 e. The number of hydrazine groups is 1. The first-order valence-corrected chi connectivity index (χ1v) is 8.51. The second-order valence-electron chi connectivity index (χ2n) is 5.05. The Labute approximate surface area is 131 Å². The summed E-state index contributed by atoms with van der Waals surface area (Å²) in [6.45, 7) is 5.64. The molecule has 0 saturated carbocycles. The number of rotatable bonds is 7. The van der Waals surface area contributed by atoms with Gasteiger partial charge in [0.1, 0.15) is 0 Å². The molecule has 2 rings (SSSR count). The van der Waals surface area contributed by atoms with Crippen LogP contribution in [0.3, 0.4) is 0 Å². The molecule has 2 N–H and O–H groups in total. The normalized spacial score (nSPS) is 12.8. The average Bonchev–Trinajstić information content (AvgIpc) is 2.53. The zero-order valence-electron chi connectivity index (χ0n) is 12.5. The second-order valence-corrected chi connectivity index (χ2v) is 6.73. The molecule has 0 amide bonds. The maximum atomic E-state index is 12.3. The lowest BCUT2D eigenvalue weighted by Crippen LogP contribution is -2.39. The highest BCUT2D eigenvalue weighted by molar-refractivity contribution is 7.89. The molecule has 116 valence electrons. The van der Waals surface area contributed by atoms with Crippen LogP contribution in [0.25, 0.3) is 0 Å². The Morgan fingerprint density at radius 1 is 1.09 bits per heavy atom. The van der Waals surface area contributed by atoms with Crippen LogP contribution in [0.2, 0.25) is 0 Å². The van der Waals surface area contributed by atoms with E-state index < -0.39 is 10.0 Å². The fourth-order valence-corrected chi connectivity index (χ4v) is 2.97. The van der Waals surface area contributed by atoms with E-state index in [9.17, 15) is 8.42 Å². The highest BCUT2D eigenvalue weighted by Crippen LogP contribution is 2.17. The molecule has 0 spiro atoms. The van der Waals surface area contributed by atoms with Gasteiger partial charge in [-0.25, -0.2) is 13.8 Å². The maximum absolute atomic E-state index is 12.3. The molecule has 2 aromatic rings. The summed E-state index contributed by atoms with van der Waals surface area (Å²) in [6.07, 6.45) is 2.37. The summed E-state index contributed by atoms with van der Waals surface area (Å²) in [4.78, 5) is 2.69. The molecule has 1 atom stereocenters. The Morgan fingerprint density at radius 2 is 1.73 bits per heavy atom. The SMILES string of the molecule is C=CC[C@H](NNS(=O)(=O)c1ccc(C)cc1)c1ccccc1. The van der Waals surface area contributed by atoms with Crippen molar-refractivity contribution in [3.63, 3.8) is 0 Å². The molecule has 0 saturated heterocycles. The van der Waals surface area contributed by atoms with E-state index in [-0.39, 0.29) is 10.9 Å². The van der Waals surface area contributed by atoms with E-state index in [4.69, 9.17) is 0 Å². The minimum atomic E-state index is -3.59. The van der Waals surface area contributed by atoms with Crippen molar-refractivity contribution in [2.75, 3.05) is 0 Å². The number of sulfonamides is 1. The third kappa shape index (κ3) is 4.27. The summed E-state index contributed by atoms with van der Waals surface area (Å²) in [7, 11) is -3.59. The molecule has 4 nitrogen and oxygen atoms in total. The van der Waals surface area contributed by atoms with Crippen molar-refractivity contribution in [1.82, 2.24) is 10.3 Å². The average molecular weight is 316 g/mol. The minimum Gasteiger partial charge on any atom is -0.236 e. The van der Waals surface area contributed by atoms with Gasteiger partial charge in [0.2, 0.25) is 0 Å². The van der Waals surface area contributed by atoms with Crippen LogP contribution in [-0.2, 0) is 10.0 Å². The molecule has 0 fully saturated rings. The van der Waals surface area contributed by atoms with Gasteiger partial charge >= 0.3 is 0 Å². The highest BCUT2D eigenvalue weighted by atomic mass is 32.2. The largest absolute Gasteiger partial charge is 0.253 e. The summed E-state index contributed by atoms with van der Waals surface area (Å²) in [5.41, 5.74) is 4.89. The van der Waals surface area contributed by atoms with Gasteiger partial charge in [-0.1, -0.05) is 54.1 Å². The standard InChI is InChI=1S/C17H20N2O2S/c1-3-7-17(15-8-5-4-6-9-15)18-19-22(20,21)16-12-10-14(2)11-13-16/h3-6,8-13,17-19H,1,7H2,2H3/t17-/m0/s1. The summed E-state index contributed by atoms with van der Waals surface area (Å²) in [5.74, 6) is 0. The highest BCUT2D eigenvalue weighted by Gasteiger charge is 2.16. The van der Waals surface area contributed by atoms with Gasteiger partial charge in [0, 0.05) is 0 Å². The summed E-state index contributed by atoms with van der Waals surface area (Å²) < 4.78 is 24.6. The van der Waals surface area contributed by atoms with Crippen LogP contribution in [0.4, 0.5) is 0 Å². The topological polar surface area (TPSA) is 58.2 Å². The molecule has 0 aromatic heterocycles. The van der Waals surface area contributed by atoms with Crippen molar-refractivity contribution < 1.29 is 8.42 Å². The monoisotopic (exact) mass is 316 g/mol. The van der Waals surface area contributed by atoms with E-state index in [1.807, 2.05) is 37.3 Å². The van der Waals surface area contributed by atoms with E-state index in [1.165, 1.54) is 0 Å². The van der Waals surface area contributed by atoms with Gasteiger partial charge in [0.25, 0.3) is 10.0 Å². The Bertz CT molecular complexity index is 710. The van der Waals surface area contributed by atoms with E-state index in [0.29, 0.717) is 6.42 Å². The molecular weight excluding hydrogens is 296 g/mol. The van der Waals surface area contributed by atoms with Crippen LogP contribution >= 0.6 is 0 Å². The quantitative estimate of drug-likeness (QED) is 0.609. The van der Waals surface area contributed by atoms with Crippen molar-refractivity contribution in [2.45, 2.75) is 24.3 Å². The van der Waals surface area contributed by atoms with E-state index in [0.717, 1.165) is 11.1 Å². The number of hydrogen-bond acceptors (Lipinski definition) is 3. The molecule has 0 radical (unpaired) electrons. The smallest absolute Gasteiger partial charge is 0.236 e. The molecule has 0 bridgehead atoms. The van der Waals surface area contributed by atoms with Crippen LogP contribution in [0, 0.1) is 6.92 Å². The second kappa shape index (κ2) is 7.35. The predicted octanol–water partition coefficient (Wildman–Crippen LogP) is 3.10. The van der Waals surface area contributed by atoms with Gasteiger partial charge in [-0.3, -0.25) is 0 Å².